The Morgan fingerprint density at radius 2 is 2.20 bits per heavy atom. The van der Waals surface area contributed by atoms with Crippen molar-refractivity contribution in [2.45, 2.75) is 26.1 Å². The fraction of sp³-hybridized carbons (Fsp3) is 0.400. The minimum atomic E-state index is -2.58. The first-order chi connectivity index (χ1) is 11.2. The molecule has 0 unspecified atom stereocenters. The maximum Gasteiger partial charge on any atom is 0.118 e. The summed E-state index contributed by atoms with van der Waals surface area (Å²) in [5.74, 6) is 0.744. The molecule has 0 radical (unpaired) electrons. The van der Waals surface area contributed by atoms with E-state index in [0.717, 1.165) is 11.3 Å². The second kappa shape index (κ2) is 5.64. The average molecular weight is 277 g/mol. The molecular formula is C15H19N3O2. The van der Waals surface area contributed by atoms with Gasteiger partial charge in [0.2, 0.25) is 0 Å². The molecule has 0 amide bonds. The summed E-state index contributed by atoms with van der Waals surface area (Å²) in [6.07, 6.45) is 0. The maximum atomic E-state index is 9.47. The van der Waals surface area contributed by atoms with Gasteiger partial charge in [0, 0.05) is 22.3 Å². The molecule has 5 heteroatoms. The summed E-state index contributed by atoms with van der Waals surface area (Å²) in [7, 11) is 1.59. The number of aromatic nitrogens is 2. The molecule has 106 valence electrons. The first-order valence-corrected chi connectivity index (χ1v) is 6.41. The zero-order chi connectivity index (χ0) is 17.5. The Morgan fingerprint density at radius 1 is 1.40 bits per heavy atom. The Labute approximate surface area is 124 Å². The third-order valence-corrected chi connectivity index (χ3v) is 3.28. The van der Waals surface area contributed by atoms with Crippen molar-refractivity contribution in [3.63, 3.8) is 0 Å². The van der Waals surface area contributed by atoms with Gasteiger partial charge in [-0.2, -0.15) is 5.10 Å². The van der Waals surface area contributed by atoms with Gasteiger partial charge in [0.05, 0.1) is 34.3 Å². The van der Waals surface area contributed by atoms with Gasteiger partial charge in [-0.15, -0.1) is 0 Å². The molecule has 5 nitrogen and oxygen atoms in total. The van der Waals surface area contributed by atoms with E-state index in [1.807, 2.05) is 24.3 Å². The number of aliphatic hydroxyl groups is 1. The van der Waals surface area contributed by atoms with Crippen molar-refractivity contribution < 1.29 is 15.3 Å². The molecule has 0 bridgehead atoms. The van der Waals surface area contributed by atoms with Crippen LogP contribution in [-0.2, 0) is 26.1 Å². The number of rotatable bonds is 4. The minimum Gasteiger partial charge on any atom is -0.497 e. The molecular weight excluding hydrogens is 254 g/mol. The summed E-state index contributed by atoms with van der Waals surface area (Å²) in [6.45, 7) is -3.12. The number of methoxy groups -OCH3 is 1. The van der Waals surface area contributed by atoms with E-state index in [4.69, 9.17) is 10.2 Å². The van der Waals surface area contributed by atoms with Crippen LogP contribution in [0.3, 0.4) is 0 Å². The molecule has 1 aromatic heterocycles. The van der Waals surface area contributed by atoms with Crippen LogP contribution in [0.5, 0.6) is 5.75 Å². The summed E-state index contributed by atoms with van der Waals surface area (Å²) < 4.78 is 38.1. The molecule has 0 aliphatic carbocycles. The Balaban J connectivity index is 1.85. The van der Waals surface area contributed by atoms with Crippen LogP contribution in [0.1, 0.15) is 22.4 Å². The third kappa shape index (κ3) is 2.69. The minimum absolute atomic E-state index is 0.173. The molecule has 1 N–H and O–H groups in total. The molecule has 1 aliphatic heterocycles. The smallest absolute Gasteiger partial charge is 0.118 e. The lowest BCUT2D eigenvalue weighted by atomic mass is 10.2. The van der Waals surface area contributed by atoms with Gasteiger partial charge in [0.25, 0.3) is 0 Å². The van der Waals surface area contributed by atoms with E-state index >= 15 is 0 Å². The number of hydrogen-bond acceptors (Lipinski definition) is 4. The first kappa shape index (κ1) is 9.15. The molecule has 1 aliphatic rings. The van der Waals surface area contributed by atoms with Crippen LogP contribution in [0, 0.1) is 0 Å². The number of nitrogens with zero attached hydrogens (tertiary/aromatic N) is 3. The number of benzene rings is 1. The fourth-order valence-corrected chi connectivity index (χ4v) is 2.24. The zero-order valence-corrected chi connectivity index (χ0v) is 11.2. The topological polar surface area (TPSA) is 50.5 Å². The largest absolute Gasteiger partial charge is 0.497 e. The van der Waals surface area contributed by atoms with Crippen molar-refractivity contribution in [1.29, 1.82) is 0 Å². The van der Waals surface area contributed by atoms with Gasteiger partial charge in [-0.3, -0.25) is 9.58 Å². The van der Waals surface area contributed by atoms with Crippen molar-refractivity contribution in [3.05, 3.63) is 47.3 Å². The monoisotopic (exact) mass is 277 g/mol. The van der Waals surface area contributed by atoms with E-state index in [1.54, 1.807) is 12.0 Å². The van der Waals surface area contributed by atoms with Crippen molar-refractivity contribution in [1.82, 2.24) is 14.7 Å². The van der Waals surface area contributed by atoms with Gasteiger partial charge in [-0.05, 0) is 23.8 Å². The van der Waals surface area contributed by atoms with Gasteiger partial charge in [0.15, 0.2) is 0 Å². The summed E-state index contributed by atoms with van der Waals surface area (Å²) in [5.41, 5.74) is 1.02. The second-order valence-electron chi connectivity index (χ2n) is 4.63. The van der Waals surface area contributed by atoms with E-state index in [0.29, 0.717) is 19.6 Å². The SMILES string of the molecule is [2H]C([2H])(O)c1cc2n(n1)CCN(Cc1ccc(OC)cc1)C2([2H])[2H]. The molecule has 2 heterocycles. The van der Waals surface area contributed by atoms with E-state index in [2.05, 4.69) is 5.10 Å². The van der Waals surface area contributed by atoms with Crippen LogP contribution in [0.2, 0.25) is 0 Å². The van der Waals surface area contributed by atoms with E-state index in [-0.39, 0.29) is 11.4 Å². The highest BCUT2D eigenvalue weighted by atomic mass is 16.5. The Kier molecular flexibility index (Phi) is 2.58. The predicted molar refractivity (Wildman–Crippen MR) is 75.3 cm³/mol. The lowest BCUT2D eigenvalue weighted by Gasteiger charge is -2.27. The lowest BCUT2D eigenvalue weighted by molar-refractivity contribution is 0.204. The van der Waals surface area contributed by atoms with E-state index < -0.39 is 13.1 Å². The molecule has 0 saturated carbocycles. The summed E-state index contributed by atoms with van der Waals surface area (Å²) in [4.78, 5) is 1.67. The van der Waals surface area contributed by atoms with Gasteiger partial charge >= 0.3 is 0 Å². The van der Waals surface area contributed by atoms with Crippen LogP contribution >= 0.6 is 0 Å². The lowest BCUT2D eigenvalue weighted by Crippen LogP contribution is -2.33. The average Bonchev–Trinajstić information content (AvgIpc) is 2.97. The zero-order valence-electron chi connectivity index (χ0n) is 15.2. The highest BCUT2D eigenvalue weighted by molar-refractivity contribution is 5.27. The molecule has 20 heavy (non-hydrogen) atoms. The van der Waals surface area contributed by atoms with Crippen LogP contribution in [0.4, 0.5) is 0 Å². The Morgan fingerprint density at radius 3 is 2.90 bits per heavy atom. The second-order valence-corrected chi connectivity index (χ2v) is 4.63. The number of hydrogen-bond donors (Lipinski definition) is 1. The first-order valence-electron chi connectivity index (χ1n) is 8.41. The Hall–Kier alpha value is -1.85. The molecule has 0 atom stereocenters. The maximum absolute atomic E-state index is 9.47. The highest BCUT2D eigenvalue weighted by Crippen LogP contribution is 2.18. The van der Waals surface area contributed by atoms with Gasteiger partial charge in [-0.25, -0.2) is 0 Å². The van der Waals surface area contributed by atoms with Crippen molar-refractivity contribution in [2.75, 3.05) is 13.7 Å². The summed E-state index contributed by atoms with van der Waals surface area (Å²) in [5, 5.41) is 13.5. The molecule has 2 aromatic rings. The van der Waals surface area contributed by atoms with Gasteiger partial charge in [0.1, 0.15) is 5.75 Å². The van der Waals surface area contributed by atoms with Gasteiger partial charge < -0.3 is 9.84 Å². The van der Waals surface area contributed by atoms with E-state index in [1.165, 1.54) is 10.7 Å². The molecule has 3 rings (SSSR count). The molecule has 0 saturated heterocycles. The van der Waals surface area contributed by atoms with Crippen molar-refractivity contribution >= 4 is 0 Å². The van der Waals surface area contributed by atoms with Crippen LogP contribution in [-0.4, -0.2) is 33.4 Å². The summed E-state index contributed by atoms with van der Waals surface area (Å²) >= 11 is 0. The van der Waals surface area contributed by atoms with Crippen LogP contribution in [0.15, 0.2) is 30.3 Å². The quantitative estimate of drug-likeness (QED) is 0.918. The van der Waals surface area contributed by atoms with Gasteiger partial charge in [-0.1, -0.05) is 12.1 Å². The molecule has 0 fully saturated rings. The third-order valence-electron chi connectivity index (χ3n) is 3.28. The highest BCUT2D eigenvalue weighted by Gasteiger charge is 2.18. The van der Waals surface area contributed by atoms with E-state index in [9.17, 15) is 5.11 Å². The Bertz CT molecular complexity index is 725. The fourth-order valence-electron chi connectivity index (χ4n) is 2.24. The van der Waals surface area contributed by atoms with Crippen molar-refractivity contribution in [2.24, 2.45) is 0 Å². The molecule has 1 aromatic carbocycles. The van der Waals surface area contributed by atoms with Crippen LogP contribution in [0.25, 0.3) is 0 Å². The molecule has 0 spiro atoms. The standard InChI is InChI=1S/C15H19N3O2/c1-20-15-4-2-12(3-5-15)9-17-6-7-18-14(10-17)8-13(11-19)16-18/h2-5,8,19H,6-7,9-11H2,1H3/i10D2,11D2. The predicted octanol–water partition coefficient (Wildman–Crippen LogP) is 1.40. The number of fused-ring (bicyclic) bond motifs is 1. The number of ether oxygens (including phenoxy) is 1. The van der Waals surface area contributed by atoms with Crippen molar-refractivity contribution in [3.8, 4) is 5.75 Å². The normalized spacial score (nSPS) is 21.3. The van der Waals surface area contributed by atoms with Crippen LogP contribution < -0.4 is 4.74 Å². The summed E-state index contributed by atoms with van der Waals surface area (Å²) in [6, 6.07) is 8.73.